The van der Waals surface area contributed by atoms with Crippen molar-refractivity contribution >= 4 is 28.4 Å². The van der Waals surface area contributed by atoms with Crippen LogP contribution in [-0.4, -0.2) is 41.0 Å². The number of aromatic nitrogens is 1. The van der Waals surface area contributed by atoms with Gasteiger partial charge in [0.2, 0.25) is 5.91 Å². The Balaban J connectivity index is 1.47. The average molecular weight is 350 g/mol. The molecule has 3 amide bonds. The zero-order valence-electron chi connectivity index (χ0n) is 14.1. The predicted molar refractivity (Wildman–Crippen MR) is 95.3 cm³/mol. The van der Waals surface area contributed by atoms with E-state index in [1.54, 1.807) is 0 Å². The van der Waals surface area contributed by atoms with Crippen LogP contribution in [0.2, 0.25) is 0 Å². The normalized spacial score (nSPS) is 19.1. The van der Waals surface area contributed by atoms with Gasteiger partial charge in [-0.15, -0.1) is 11.3 Å². The molecule has 1 aromatic rings. The Bertz CT molecular complexity index is 561. The van der Waals surface area contributed by atoms with Gasteiger partial charge in [-0.2, -0.15) is 0 Å². The maximum absolute atomic E-state index is 12.4. The topological polar surface area (TPSA) is 74.3 Å². The van der Waals surface area contributed by atoms with E-state index in [0.29, 0.717) is 11.6 Å². The van der Waals surface area contributed by atoms with E-state index in [2.05, 4.69) is 15.6 Å². The van der Waals surface area contributed by atoms with Crippen molar-refractivity contribution in [3.63, 3.8) is 0 Å². The van der Waals surface area contributed by atoms with E-state index in [0.717, 1.165) is 44.5 Å². The molecule has 0 unspecified atom stereocenters. The lowest BCUT2D eigenvalue weighted by atomic mass is 10.2. The highest BCUT2D eigenvalue weighted by Crippen LogP contribution is 2.19. The second-order valence-corrected chi connectivity index (χ2v) is 7.55. The molecule has 1 saturated carbocycles. The number of carbonyl (C=O) groups excluding carboxylic acids is 2. The van der Waals surface area contributed by atoms with Crippen LogP contribution in [0.3, 0.4) is 0 Å². The molecule has 0 atom stereocenters. The summed E-state index contributed by atoms with van der Waals surface area (Å²) in [5.74, 6) is 0.143. The zero-order valence-corrected chi connectivity index (χ0v) is 14.9. The number of rotatable bonds is 4. The Labute approximate surface area is 147 Å². The Morgan fingerprint density at radius 1 is 1.12 bits per heavy atom. The van der Waals surface area contributed by atoms with Crippen LogP contribution >= 0.6 is 11.3 Å². The molecule has 0 radical (unpaired) electrons. The molecule has 0 spiro atoms. The minimum atomic E-state index is -0.193. The molecule has 2 fully saturated rings. The average Bonchev–Trinajstić information content (AvgIpc) is 3.12. The van der Waals surface area contributed by atoms with Gasteiger partial charge in [0.05, 0.1) is 12.1 Å². The number of hydrogen-bond acceptors (Lipinski definition) is 4. The summed E-state index contributed by atoms with van der Waals surface area (Å²) in [6.07, 6.45) is 9.42. The molecule has 132 valence electrons. The maximum atomic E-state index is 12.4. The zero-order chi connectivity index (χ0) is 16.8. The van der Waals surface area contributed by atoms with E-state index in [1.165, 1.54) is 37.0 Å². The van der Waals surface area contributed by atoms with Crippen LogP contribution in [0.25, 0.3) is 0 Å². The number of urea groups is 1. The summed E-state index contributed by atoms with van der Waals surface area (Å²) >= 11 is 1.37. The Kier molecular flexibility index (Phi) is 6.07. The smallest absolute Gasteiger partial charge is 0.321 e. The molecule has 24 heavy (non-hydrogen) atoms. The van der Waals surface area contributed by atoms with Crippen LogP contribution in [0, 0.1) is 0 Å². The molecule has 0 bridgehead atoms. The molecule has 2 heterocycles. The van der Waals surface area contributed by atoms with Gasteiger partial charge in [-0.25, -0.2) is 9.78 Å². The molecule has 6 nitrogen and oxygen atoms in total. The lowest BCUT2D eigenvalue weighted by Gasteiger charge is -2.19. The number of likely N-dealkylation sites (tertiary alicyclic amines) is 1. The molecule has 1 aliphatic heterocycles. The van der Waals surface area contributed by atoms with Crippen molar-refractivity contribution in [3.8, 4) is 0 Å². The predicted octanol–water partition coefficient (Wildman–Crippen LogP) is 3.15. The van der Waals surface area contributed by atoms with Crippen molar-refractivity contribution in [2.45, 2.75) is 63.8 Å². The number of thiazole rings is 1. The van der Waals surface area contributed by atoms with E-state index in [-0.39, 0.29) is 18.0 Å². The molecule has 1 aliphatic carbocycles. The van der Waals surface area contributed by atoms with Crippen molar-refractivity contribution in [1.82, 2.24) is 15.2 Å². The number of nitrogens with zero attached hydrogens (tertiary/aromatic N) is 2. The highest BCUT2D eigenvalue weighted by molar-refractivity contribution is 7.13. The highest BCUT2D eigenvalue weighted by Gasteiger charge is 2.19. The van der Waals surface area contributed by atoms with Crippen molar-refractivity contribution in [1.29, 1.82) is 0 Å². The van der Waals surface area contributed by atoms with Gasteiger partial charge in [0, 0.05) is 24.5 Å². The molecule has 2 N–H and O–H groups in total. The van der Waals surface area contributed by atoms with Gasteiger partial charge in [-0.05, 0) is 25.7 Å². The van der Waals surface area contributed by atoms with Gasteiger partial charge in [0.15, 0.2) is 5.13 Å². The summed E-state index contributed by atoms with van der Waals surface area (Å²) in [7, 11) is 0. The molecule has 0 aromatic carbocycles. The van der Waals surface area contributed by atoms with Crippen LogP contribution < -0.4 is 10.6 Å². The second-order valence-electron chi connectivity index (χ2n) is 6.70. The fourth-order valence-corrected chi connectivity index (χ4v) is 4.13. The first kappa shape index (κ1) is 17.2. The lowest BCUT2D eigenvalue weighted by molar-refractivity contribution is -0.130. The fourth-order valence-electron chi connectivity index (χ4n) is 3.42. The third kappa shape index (κ3) is 4.93. The maximum Gasteiger partial charge on any atom is 0.321 e. The molecule has 2 aliphatic rings. The lowest BCUT2D eigenvalue weighted by Crippen LogP contribution is -2.36. The van der Waals surface area contributed by atoms with E-state index in [9.17, 15) is 9.59 Å². The fraction of sp³-hybridized carbons (Fsp3) is 0.706. The number of hydrogen-bond donors (Lipinski definition) is 2. The van der Waals surface area contributed by atoms with Gasteiger partial charge < -0.3 is 10.2 Å². The van der Waals surface area contributed by atoms with Gasteiger partial charge in [0.1, 0.15) is 0 Å². The molecule has 3 rings (SSSR count). The van der Waals surface area contributed by atoms with Crippen LogP contribution in [0.15, 0.2) is 5.38 Å². The third-order valence-corrected chi connectivity index (χ3v) is 5.56. The Morgan fingerprint density at radius 2 is 1.83 bits per heavy atom. The van der Waals surface area contributed by atoms with Gasteiger partial charge in [-0.3, -0.25) is 10.1 Å². The number of nitrogens with one attached hydrogen (secondary N) is 2. The summed E-state index contributed by atoms with van der Waals surface area (Å²) in [5, 5.41) is 8.18. The Morgan fingerprint density at radius 3 is 2.54 bits per heavy atom. The molecule has 1 saturated heterocycles. The van der Waals surface area contributed by atoms with Crippen LogP contribution in [-0.2, 0) is 11.2 Å². The first-order valence-corrected chi connectivity index (χ1v) is 9.88. The van der Waals surface area contributed by atoms with Crippen LogP contribution in [0.1, 0.15) is 57.1 Å². The SMILES string of the molecule is O=C(Nc1nc(CC(=O)N2CCCCCC2)cs1)NC1CCCC1. The second kappa shape index (κ2) is 8.46. The van der Waals surface area contributed by atoms with Crippen molar-refractivity contribution in [2.24, 2.45) is 0 Å². The van der Waals surface area contributed by atoms with Gasteiger partial charge >= 0.3 is 6.03 Å². The summed E-state index contributed by atoms with van der Waals surface area (Å²) < 4.78 is 0. The van der Waals surface area contributed by atoms with Crippen molar-refractivity contribution in [2.75, 3.05) is 18.4 Å². The van der Waals surface area contributed by atoms with Crippen molar-refractivity contribution in [3.05, 3.63) is 11.1 Å². The summed E-state index contributed by atoms with van der Waals surface area (Å²) in [4.78, 5) is 30.7. The standard InChI is InChI=1S/C17H26N4O2S/c22-15(21-9-5-1-2-6-10-21)11-14-12-24-17(19-14)20-16(23)18-13-7-3-4-8-13/h12-13H,1-11H2,(H2,18,19,20,23). The molecular formula is C17H26N4O2S. The summed E-state index contributed by atoms with van der Waals surface area (Å²) in [6.45, 7) is 1.72. The first-order valence-electron chi connectivity index (χ1n) is 9.00. The third-order valence-electron chi connectivity index (χ3n) is 4.75. The molecule has 7 heteroatoms. The quantitative estimate of drug-likeness (QED) is 0.876. The van der Waals surface area contributed by atoms with E-state index in [4.69, 9.17) is 0 Å². The minimum absolute atomic E-state index is 0.143. The summed E-state index contributed by atoms with van der Waals surface area (Å²) in [5.41, 5.74) is 0.741. The van der Waals surface area contributed by atoms with E-state index >= 15 is 0 Å². The number of anilines is 1. The summed E-state index contributed by atoms with van der Waals surface area (Å²) in [6, 6.07) is 0.0932. The van der Waals surface area contributed by atoms with Crippen LogP contribution in [0.5, 0.6) is 0 Å². The number of amides is 3. The monoisotopic (exact) mass is 350 g/mol. The van der Waals surface area contributed by atoms with Gasteiger partial charge in [0.25, 0.3) is 0 Å². The highest BCUT2D eigenvalue weighted by atomic mass is 32.1. The van der Waals surface area contributed by atoms with E-state index < -0.39 is 0 Å². The van der Waals surface area contributed by atoms with Crippen LogP contribution in [0.4, 0.5) is 9.93 Å². The first-order chi connectivity index (χ1) is 11.7. The van der Waals surface area contributed by atoms with E-state index in [1.807, 2.05) is 10.3 Å². The van der Waals surface area contributed by atoms with Crippen molar-refractivity contribution < 1.29 is 9.59 Å². The van der Waals surface area contributed by atoms with Gasteiger partial charge in [-0.1, -0.05) is 25.7 Å². The Hall–Kier alpha value is -1.63. The molecular weight excluding hydrogens is 324 g/mol. The largest absolute Gasteiger partial charge is 0.342 e. The number of carbonyl (C=O) groups is 2. The minimum Gasteiger partial charge on any atom is -0.342 e. The molecule has 1 aromatic heterocycles.